The molecule has 1 rings (SSSR count). The number of aliphatic carboxylic acids is 1. The van der Waals surface area contributed by atoms with Crippen LogP contribution in [-0.2, 0) is 4.79 Å². The van der Waals surface area contributed by atoms with Gasteiger partial charge < -0.3 is 10.8 Å². The lowest BCUT2D eigenvalue weighted by molar-refractivity contribution is -0.138. The smallest absolute Gasteiger partial charge is 0.325 e. The number of carbonyl (C=O) groups is 1. The van der Waals surface area contributed by atoms with Crippen molar-refractivity contribution < 1.29 is 9.90 Å². The summed E-state index contributed by atoms with van der Waals surface area (Å²) >= 11 is 0. The van der Waals surface area contributed by atoms with Gasteiger partial charge in [0, 0.05) is 0 Å². The van der Waals surface area contributed by atoms with E-state index in [9.17, 15) is 4.79 Å². The molecule has 0 aliphatic carbocycles. The fraction of sp³-hybridized carbons (Fsp3) is 0.125. The lowest BCUT2D eigenvalue weighted by Gasteiger charge is -2.04. The highest BCUT2D eigenvalue weighted by molar-refractivity contribution is 7.59. The Morgan fingerprint density at radius 1 is 1.33 bits per heavy atom. The normalized spacial score (nSPS) is 11.4. The third kappa shape index (κ3) is 2.56. The molecule has 3 nitrogen and oxygen atoms in total. The van der Waals surface area contributed by atoms with Crippen LogP contribution in [0.3, 0.4) is 0 Å². The second kappa shape index (κ2) is 4.79. The van der Waals surface area contributed by atoms with Gasteiger partial charge in [-0.05, 0) is 5.56 Å². The summed E-state index contributed by atoms with van der Waals surface area (Å²) in [5.41, 5.74) is 5.96. The average molecular weight is 185 g/mol. The predicted octanol–water partition coefficient (Wildman–Crippen LogP) is 0.884. The summed E-state index contributed by atoms with van der Waals surface area (Å²) in [6.07, 6.45) is 0. The molecule has 0 saturated heterocycles. The third-order valence-corrected chi connectivity index (χ3v) is 1.42. The zero-order chi connectivity index (χ0) is 8.27. The standard InChI is InChI=1S/C8H9NO2.H2S/c9-7(8(10)11)6-4-2-1-3-5-6;/h1-5,7H,9H2,(H,10,11);1H2/t7-;/m1./s1. The van der Waals surface area contributed by atoms with Gasteiger partial charge in [0.2, 0.25) is 0 Å². The van der Waals surface area contributed by atoms with Crippen molar-refractivity contribution in [3.63, 3.8) is 0 Å². The summed E-state index contributed by atoms with van der Waals surface area (Å²) in [6.45, 7) is 0. The largest absolute Gasteiger partial charge is 0.480 e. The Kier molecular flexibility index (Phi) is 4.39. The number of nitrogens with two attached hydrogens (primary N) is 1. The Hall–Kier alpha value is -1.00. The van der Waals surface area contributed by atoms with Crippen LogP contribution >= 0.6 is 13.5 Å². The molecule has 1 aromatic rings. The SMILES string of the molecule is N[C@@H](C(=O)O)c1ccccc1.S. The van der Waals surface area contributed by atoms with E-state index in [1.54, 1.807) is 24.3 Å². The van der Waals surface area contributed by atoms with Crippen molar-refractivity contribution in [1.82, 2.24) is 0 Å². The first kappa shape index (κ1) is 11.0. The molecule has 0 aromatic heterocycles. The minimum Gasteiger partial charge on any atom is -0.480 e. The van der Waals surface area contributed by atoms with Crippen LogP contribution in [0.25, 0.3) is 0 Å². The van der Waals surface area contributed by atoms with Crippen LogP contribution in [-0.4, -0.2) is 11.1 Å². The van der Waals surface area contributed by atoms with Crippen molar-refractivity contribution in [2.45, 2.75) is 6.04 Å². The Balaban J connectivity index is 0.00000121. The molecule has 0 aliphatic heterocycles. The molecule has 1 atom stereocenters. The fourth-order valence-corrected chi connectivity index (χ4v) is 0.803. The van der Waals surface area contributed by atoms with Crippen molar-refractivity contribution in [3.05, 3.63) is 35.9 Å². The van der Waals surface area contributed by atoms with E-state index in [0.717, 1.165) is 0 Å². The van der Waals surface area contributed by atoms with Crippen LogP contribution in [0.2, 0.25) is 0 Å². The van der Waals surface area contributed by atoms with Crippen LogP contribution < -0.4 is 5.73 Å². The quantitative estimate of drug-likeness (QED) is 0.719. The average Bonchev–Trinajstić information content (AvgIpc) is 2.05. The van der Waals surface area contributed by atoms with Gasteiger partial charge in [-0.1, -0.05) is 30.3 Å². The molecular formula is C8H11NO2S. The number of carboxylic acids is 1. The topological polar surface area (TPSA) is 63.3 Å². The van der Waals surface area contributed by atoms with Crippen LogP contribution in [0.15, 0.2) is 30.3 Å². The van der Waals surface area contributed by atoms with Gasteiger partial charge in [-0.25, -0.2) is 0 Å². The predicted molar refractivity (Wildman–Crippen MR) is 51.4 cm³/mol. The number of hydrogen-bond acceptors (Lipinski definition) is 2. The molecule has 1 aromatic carbocycles. The maximum Gasteiger partial charge on any atom is 0.325 e. The first-order chi connectivity index (χ1) is 5.22. The van der Waals surface area contributed by atoms with E-state index in [1.165, 1.54) is 0 Å². The summed E-state index contributed by atoms with van der Waals surface area (Å²) in [5.74, 6) is -1.00. The van der Waals surface area contributed by atoms with Crippen LogP contribution in [0.5, 0.6) is 0 Å². The van der Waals surface area contributed by atoms with Gasteiger partial charge in [-0.2, -0.15) is 13.5 Å². The Bertz CT molecular complexity index is 250. The van der Waals surface area contributed by atoms with Gasteiger partial charge in [0.05, 0.1) is 0 Å². The summed E-state index contributed by atoms with van der Waals surface area (Å²) in [5, 5.41) is 8.51. The zero-order valence-electron chi connectivity index (χ0n) is 6.40. The van der Waals surface area contributed by atoms with E-state index in [-0.39, 0.29) is 13.5 Å². The van der Waals surface area contributed by atoms with E-state index >= 15 is 0 Å². The minimum atomic E-state index is -1.00. The molecule has 0 heterocycles. The molecular weight excluding hydrogens is 174 g/mol. The zero-order valence-corrected chi connectivity index (χ0v) is 7.40. The first-order valence-electron chi connectivity index (χ1n) is 3.25. The number of hydrogen-bond donors (Lipinski definition) is 2. The van der Waals surface area contributed by atoms with E-state index < -0.39 is 12.0 Å². The van der Waals surface area contributed by atoms with Crippen LogP contribution in [0.1, 0.15) is 11.6 Å². The van der Waals surface area contributed by atoms with Gasteiger partial charge in [0.1, 0.15) is 6.04 Å². The molecule has 0 amide bonds. The number of rotatable bonds is 2. The van der Waals surface area contributed by atoms with E-state index in [0.29, 0.717) is 5.56 Å². The molecule has 0 spiro atoms. The molecule has 12 heavy (non-hydrogen) atoms. The Morgan fingerprint density at radius 2 is 1.83 bits per heavy atom. The highest BCUT2D eigenvalue weighted by Crippen LogP contribution is 2.08. The monoisotopic (exact) mass is 185 g/mol. The molecule has 0 radical (unpaired) electrons. The van der Waals surface area contributed by atoms with Crippen molar-refractivity contribution in [2.75, 3.05) is 0 Å². The van der Waals surface area contributed by atoms with E-state index in [2.05, 4.69) is 0 Å². The molecule has 4 heteroatoms. The lowest BCUT2D eigenvalue weighted by Crippen LogP contribution is -2.20. The first-order valence-corrected chi connectivity index (χ1v) is 3.25. The molecule has 0 unspecified atom stereocenters. The highest BCUT2D eigenvalue weighted by Gasteiger charge is 2.12. The summed E-state index contributed by atoms with van der Waals surface area (Å²) in [6, 6.07) is 7.82. The van der Waals surface area contributed by atoms with Gasteiger partial charge in [-0.3, -0.25) is 4.79 Å². The van der Waals surface area contributed by atoms with Gasteiger partial charge in [0.25, 0.3) is 0 Å². The van der Waals surface area contributed by atoms with Gasteiger partial charge in [-0.15, -0.1) is 0 Å². The van der Waals surface area contributed by atoms with Crippen molar-refractivity contribution in [2.24, 2.45) is 5.73 Å². The fourth-order valence-electron chi connectivity index (χ4n) is 0.803. The van der Waals surface area contributed by atoms with Crippen molar-refractivity contribution in [1.29, 1.82) is 0 Å². The highest BCUT2D eigenvalue weighted by atomic mass is 32.1. The molecule has 0 saturated carbocycles. The maximum absolute atomic E-state index is 10.4. The van der Waals surface area contributed by atoms with Gasteiger partial charge >= 0.3 is 5.97 Å². The molecule has 0 aliphatic rings. The minimum absolute atomic E-state index is 0. The van der Waals surface area contributed by atoms with Crippen LogP contribution in [0.4, 0.5) is 0 Å². The number of carboxylic acid groups (broad SMARTS) is 1. The molecule has 66 valence electrons. The molecule has 0 fully saturated rings. The Morgan fingerprint density at radius 3 is 2.25 bits per heavy atom. The lowest BCUT2D eigenvalue weighted by atomic mass is 10.1. The number of benzene rings is 1. The summed E-state index contributed by atoms with van der Waals surface area (Å²) in [7, 11) is 0. The Labute approximate surface area is 77.6 Å². The van der Waals surface area contributed by atoms with Crippen LogP contribution in [0, 0.1) is 0 Å². The second-order valence-electron chi connectivity index (χ2n) is 2.23. The van der Waals surface area contributed by atoms with E-state index in [1.807, 2.05) is 6.07 Å². The second-order valence-corrected chi connectivity index (χ2v) is 2.23. The van der Waals surface area contributed by atoms with Crippen molar-refractivity contribution in [3.8, 4) is 0 Å². The molecule has 0 bridgehead atoms. The van der Waals surface area contributed by atoms with Crippen molar-refractivity contribution >= 4 is 19.5 Å². The van der Waals surface area contributed by atoms with E-state index in [4.69, 9.17) is 10.8 Å². The summed E-state index contributed by atoms with van der Waals surface area (Å²) < 4.78 is 0. The third-order valence-electron chi connectivity index (χ3n) is 1.42. The summed E-state index contributed by atoms with van der Waals surface area (Å²) in [4.78, 5) is 10.4. The molecule has 3 N–H and O–H groups in total. The maximum atomic E-state index is 10.4. The van der Waals surface area contributed by atoms with Gasteiger partial charge in [0.15, 0.2) is 0 Å².